The van der Waals surface area contributed by atoms with Crippen molar-refractivity contribution in [2.45, 2.75) is 38.8 Å². The molecule has 2 atom stereocenters. The molecule has 0 aliphatic heterocycles. The van der Waals surface area contributed by atoms with Gasteiger partial charge in [0.05, 0.1) is 18.9 Å². The SMILES string of the molecule is CCOC(=O)CC(C[N+](=O)[O-])C(NC(=O)OCc1ccccc1)C1CC1. The highest BCUT2D eigenvalue weighted by Crippen LogP contribution is 2.37. The average molecular weight is 364 g/mol. The Morgan fingerprint density at radius 2 is 1.96 bits per heavy atom. The second kappa shape index (κ2) is 9.74. The van der Waals surface area contributed by atoms with E-state index in [1.807, 2.05) is 30.3 Å². The zero-order chi connectivity index (χ0) is 18.9. The lowest BCUT2D eigenvalue weighted by Gasteiger charge is -2.24. The number of nitrogens with zero attached hydrogens (tertiary/aromatic N) is 1. The Morgan fingerprint density at radius 3 is 2.54 bits per heavy atom. The van der Waals surface area contributed by atoms with Crippen LogP contribution in [0.3, 0.4) is 0 Å². The highest BCUT2D eigenvalue weighted by molar-refractivity contribution is 5.70. The number of carbonyl (C=O) groups is 2. The van der Waals surface area contributed by atoms with E-state index in [9.17, 15) is 19.7 Å². The lowest BCUT2D eigenvalue weighted by atomic mass is 9.92. The molecule has 1 saturated carbocycles. The van der Waals surface area contributed by atoms with Gasteiger partial charge in [-0.1, -0.05) is 30.3 Å². The van der Waals surface area contributed by atoms with Gasteiger partial charge in [0.1, 0.15) is 6.61 Å². The number of ether oxygens (including phenoxy) is 2. The topological polar surface area (TPSA) is 108 Å². The smallest absolute Gasteiger partial charge is 0.407 e. The van der Waals surface area contributed by atoms with Crippen molar-refractivity contribution >= 4 is 12.1 Å². The zero-order valence-corrected chi connectivity index (χ0v) is 14.8. The van der Waals surface area contributed by atoms with Crippen LogP contribution in [0.15, 0.2) is 30.3 Å². The fourth-order valence-corrected chi connectivity index (χ4v) is 2.91. The number of alkyl carbamates (subject to hydrolysis) is 1. The number of hydrogen-bond acceptors (Lipinski definition) is 6. The summed E-state index contributed by atoms with van der Waals surface area (Å²) in [6, 6.07) is 8.74. The lowest BCUT2D eigenvalue weighted by molar-refractivity contribution is -0.489. The molecule has 2 rings (SSSR count). The van der Waals surface area contributed by atoms with Crippen LogP contribution in [0.1, 0.15) is 31.7 Å². The molecule has 8 heteroatoms. The fraction of sp³-hybridized carbons (Fsp3) is 0.556. The number of rotatable bonds is 10. The molecule has 0 heterocycles. The summed E-state index contributed by atoms with van der Waals surface area (Å²) in [5, 5.41) is 13.7. The van der Waals surface area contributed by atoms with Crippen molar-refractivity contribution in [2.24, 2.45) is 11.8 Å². The van der Waals surface area contributed by atoms with Crippen molar-refractivity contribution < 1.29 is 24.0 Å². The van der Waals surface area contributed by atoms with E-state index in [-0.39, 0.29) is 25.6 Å². The molecule has 2 unspecified atom stereocenters. The molecule has 8 nitrogen and oxygen atoms in total. The van der Waals surface area contributed by atoms with Crippen LogP contribution in [0.5, 0.6) is 0 Å². The highest BCUT2D eigenvalue weighted by atomic mass is 16.6. The minimum atomic E-state index is -0.636. The molecule has 1 aliphatic rings. The monoisotopic (exact) mass is 364 g/mol. The number of esters is 1. The second-order valence-corrected chi connectivity index (χ2v) is 6.35. The van der Waals surface area contributed by atoms with Gasteiger partial charge in [-0.25, -0.2) is 4.79 Å². The summed E-state index contributed by atoms with van der Waals surface area (Å²) in [6.07, 6.45) is 0.985. The van der Waals surface area contributed by atoms with E-state index in [0.29, 0.717) is 0 Å². The molecule has 1 aliphatic carbocycles. The summed E-state index contributed by atoms with van der Waals surface area (Å²) < 4.78 is 10.1. The molecule has 0 saturated heterocycles. The Labute approximate surface area is 152 Å². The van der Waals surface area contributed by atoms with Crippen molar-refractivity contribution in [2.75, 3.05) is 13.2 Å². The van der Waals surface area contributed by atoms with E-state index in [1.165, 1.54) is 0 Å². The Balaban J connectivity index is 1.96. The molecule has 0 bridgehead atoms. The lowest BCUT2D eigenvalue weighted by Crippen LogP contribution is -2.45. The molecule has 0 radical (unpaired) electrons. The summed E-state index contributed by atoms with van der Waals surface area (Å²) >= 11 is 0. The van der Waals surface area contributed by atoms with Crippen LogP contribution in [0.4, 0.5) is 4.79 Å². The first-order chi connectivity index (χ1) is 12.5. The van der Waals surface area contributed by atoms with Gasteiger partial charge >= 0.3 is 12.1 Å². The molecule has 1 N–H and O–H groups in total. The van der Waals surface area contributed by atoms with E-state index < -0.39 is 35.5 Å². The molecule has 26 heavy (non-hydrogen) atoms. The van der Waals surface area contributed by atoms with Gasteiger partial charge in [0.25, 0.3) is 0 Å². The molecule has 1 aromatic carbocycles. The van der Waals surface area contributed by atoms with Crippen molar-refractivity contribution in [3.8, 4) is 0 Å². The van der Waals surface area contributed by atoms with Gasteiger partial charge in [0.15, 0.2) is 0 Å². The van der Waals surface area contributed by atoms with Gasteiger partial charge in [-0.15, -0.1) is 0 Å². The van der Waals surface area contributed by atoms with E-state index in [2.05, 4.69) is 5.32 Å². The summed E-state index contributed by atoms with van der Waals surface area (Å²) in [5.74, 6) is -0.996. The maximum atomic E-state index is 12.1. The van der Waals surface area contributed by atoms with Gasteiger partial charge in [-0.3, -0.25) is 14.9 Å². The van der Waals surface area contributed by atoms with Gasteiger partial charge < -0.3 is 14.8 Å². The third-order valence-corrected chi connectivity index (χ3v) is 4.25. The van der Waals surface area contributed by atoms with Crippen LogP contribution in [0.25, 0.3) is 0 Å². The zero-order valence-electron chi connectivity index (χ0n) is 14.8. The first-order valence-corrected chi connectivity index (χ1v) is 8.74. The van der Waals surface area contributed by atoms with Crippen LogP contribution < -0.4 is 5.32 Å². The van der Waals surface area contributed by atoms with Crippen LogP contribution in [0.2, 0.25) is 0 Å². The molecule has 142 valence electrons. The Kier molecular flexibility index (Phi) is 7.37. The van der Waals surface area contributed by atoms with Crippen LogP contribution >= 0.6 is 0 Å². The fourth-order valence-electron chi connectivity index (χ4n) is 2.91. The predicted octanol–water partition coefficient (Wildman–Crippen LogP) is 2.54. The summed E-state index contributed by atoms with van der Waals surface area (Å²) in [4.78, 5) is 34.5. The van der Waals surface area contributed by atoms with E-state index in [1.54, 1.807) is 6.92 Å². The van der Waals surface area contributed by atoms with Gasteiger partial charge in [-0.2, -0.15) is 0 Å². The largest absolute Gasteiger partial charge is 0.466 e. The average Bonchev–Trinajstić information content (AvgIpc) is 3.43. The van der Waals surface area contributed by atoms with Crippen molar-refractivity contribution in [3.05, 3.63) is 46.0 Å². The van der Waals surface area contributed by atoms with E-state index in [0.717, 1.165) is 18.4 Å². The Morgan fingerprint density at radius 1 is 1.27 bits per heavy atom. The minimum Gasteiger partial charge on any atom is -0.466 e. The summed E-state index contributed by atoms with van der Waals surface area (Å²) in [6.45, 7) is 1.60. The minimum absolute atomic E-state index is 0.102. The number of benzene rings is 1. The number of carbonyl (C=O) groups excluding carboxylic acids is 2. The maximum Gasteiger partial charge on any atom is 0.407 e. The molecular formula is C18H24N2O6. The Bertz CT molecular complexity index is 617. The Hall–Kier alpha value is -2.64. The quantitative estimate of drug-likeness (QED) is 0.388. The molecule has 0 aromatic heterocycles. The number of nitro groups is 1. The predicted molar refractivity (Wildman–Crippen MR) is 92.9 cm³/mol. The highest BCUT2D eigenvalue weighted by Gasteiger charge is 2.41. The summed E-state index contributed by atoms with van der Waals surface area (Å²) in [5.41, 5.74) is 0.846. The van der Waals surface area contributed by atoms with E-state index in [4.69, 9.17) is 9.47 Å². The van der Waals surface area contributed by atoms with Crippen molar-refractivity contribution in [1.82, 2.24) is 5.32 Å². The van der Waals surface area contributed by atoms with Crippen LogP contribution in [-0.4, -0.2) is 36.2 Å². The standard InChI is InChI=1S/C18H24N2O6/c1-2-25-16(21)10-15(11-20(23)24)17(14-8-9-14)19-18(22)26-12-13-6-4-3-5-7-13/h3-7,14-15,17H,2,8-12H2,1H3,(H,19,22). The first-order valence-electron chi connectivity index (χ1n) is 8.74. The molecule has 0 spiro atoms. The van der Waals surface area contributed by atoms with Crippen LogP contribution in [0, 0.1) is 22.0 Å². The number of hydrogen-bond donors (Lipinski definition) is 1. The van der Waals surface area contributed by atoms with Gasteiger partial charge in [0.2, 0.25) is 6.54 Å². The van der Waals surface area contributed by atoms with E-state index >= 15 is 0 Å². The molecule has 1 fully saturated rings. The molecular weight excluding hydrogens is 340 g/mol. The van der Waals surface area contributed by atoms with Gasteiger partial charge in [-0.05, 0) is 31.2 Å². The first kappa shape index (κ1) is 19.7. The maximum absolute atomic E-state index is 12.1. The van der Waals surface area contributed by atoms with Gasteiger partial charge in [0, 0.05) is 11.0 Å². The second-order valence-electron chi connectivity index (χ2n) is 6.35. The third kappa shape index (κ3) is 6.70. The third-order valence-electron chi connectivity index (χ3n) is 4.25. The molecule has 1 aromatic rings. The van der Waals surface area contributed by atoms with Crippen molar-refractivity contribution in [1.29, 1.82) is 0 Å². The summed E-state index contributed by atoms with van der Waals surface area (Å²) in [7, 11) is 0. The molecule has 1 amide bonds. The van der Waals surface area contributed by atoms with Crippen molar-refractivity contribution in [3.63, 3.8) is 0 Å². The number of amides is 1. The normalized spacial score (nSPS) is 15.6. The number of nitrogens with one attached hydrogen (secondary N) is 1. The van der Waals surface area contributed by atoms with Crippen LogP contribution in [-0.2, 0) is 20.9 Å².